The normalized spacial score (nSPS) is 15.2. The van der Waals surface area contributed by atoms with Crippen LogP contribution >= 0.6 is 0 Å². The lowest BCUT2D eigenvalue weighted by molar-refractivity contribution is -0.120. The molecule has 7 heteroatoms. The highest BCUT2D eigenvalue weighted by Gasteiger charge is 2.30. The number of amides is 1. The van der Waals surface area contributed by atoms with Gasteiger partial charge in [-0.2, -0.15) is 4.31 Å². The molecule has 0 aromatic heterocycles. The molecular formula is C28H31N3O3S. The maximum absolute atomic E-state index is 12.8. The fourth-order valence-corrected chi connectivity index (χ4v) is 5.40. The Bertz CT molecular complexity index is 1240. The zero-order valence-electron chi connectivity index (χ0n) is 19.9. The zero-order chi connectivity index (χ0) is 24.7. The van der Waals surface area contributed by atoms with Gasteiger partial charge in [0.15, 0.2) is 0 Å². The summed E-state index contributed by atoms with van der Waals surface area (Å²) >= 11 is 0. The molecule has 1 heterocycles. The molecule has 1 fully saturated rings. The van der Waals surface area contributed by atoms with Crippen LogP contribution in [0.3, 0.4) is 0 Å². The molecule has 0 bridgehead atoms. The Labute approximate surface area is 207 Å². The third-order valence-electron chi connectivity index (χ3n) is 6.25. The number of anilines is 2. The second-order valence-electron chi connectivity index (χ2n) is 8.81. The van der Waals surface area contributed by atoms with Crippen molar-refractivity contribution in [2.75, 3.05) is 30.4 Å². The largest absolute Gasteiger partial charge is 0.370 e. The molecule has 35 heavy (non-hydrogen) atoms. The van der Waals surface area contributed by atoms with Crippen LogP contribution in [0.4, 0.5) is 11.4 Å². The highest BCUT2D eigenvalue weighted by atomic mass is 32.2. The van der Waals surface area contributed by atoms with Gasteiger partial charge >= 0.3 is 0 Å². The molecule has 0 spiro atoms. The lowest BCUT2D eigenvalue weighted by Gasteiger charge is -2.29. The molecule has 0 aliphatic carbocycles. The molecule has 0 unspecified atom stereocenters. The summed E-state index contributed by atoms with van der Waals surface area (Å²) in [5.74, 6) is -0.271. The summed E-state index contributed by atoms with van der Waals surface area (Å²) in [4.78, 5) is 14.9. The fourth-order valence-electron chi connectivity index (χ4n) is 4.18. The number of piperidine rings is 1. The van der Waals surface area contributed by atoms with Gasteiger partial charge in [0.2, 0.25) is 15.9 Å². The Morgan fingerprint density at radius 1 is 0.943 bits per heavy atom. The minimum absolute atomic E-state index is 0.0627. The van der Waals surface area contributed by atoms with Crippen molar-refractivity contribution >= 4 is 33.4 Å². The standard InChI is InChI=1S/C28H31N3O3S/c1-30(22-24-10-6-3-7-11-24)27-14-12-26(13-15-27)29-28(32)25-16-19-31(20-17-25)35(33,34)21-18-23-8-4-2-5-9-23/h2-15,18,21,25H,16-17,19-20,22H2,1H3,(H,29,32)/b21-18+. The van der Waals surface area contributed by atoms with Gasteiger partial charge in [0.05, 0.1) is 0 Å². The van der Waals surface area contributed by atoms with E-state index in [1.807, 2.05) is 79.8 Å². The Morgan fingerprint density at radius 3 is 2.17 bits per heavy atom. The number of carbonyl (C=O) groups excluding carboxylic acids is 1. The van der Waals surface area contributed by atoms with E-state index in [1.165, 1.54) is 15.3 Å². The van der Waals surface area contributed by atoms with E-state index < -0.39 is 10.0 Å². The molecule has 1 N–H and O–H groups in total. The van der Waals surface area contributed by atoms with Gasteiger partial charge in [-0.3, -0.25) is 4.79 Å². The van der Waals surface area contributed by atoms with E-state index in [-0.39, 0.29) is 11.8 Å². The highest BCUT2D eigenvalue weighted by Crippen LogP contribution is 2.24. The number of nitrogens with zero attached hydrogens (tertiary/aromatic N) is 2. The second-order valence-corrected chi connectivity index (χ2v) is 10.6. The van der Waals surface area contributed by atoms with E-state index in [0.717, 1.165) is 23.5 Å². The van der Waals surface area contributed by atoms with Crippen LogP contribution in [0.5, 0.6) is 0 Å². The molecule has 1 aliphatic rings. The number of carbonyl (C=O) groups is 1. The maximum Gasteiger partial charge on any atom is 0.236 e. The topological polar surface area (TPSA) is 69.7 Å². The first-order valence-electron chi connectivity index (χ1n) is 11.8. The summed E-state index contributed by atoms with van der Waals surface area (Å²) < 4.78 is 26.8. The first-order chi connectivity index (χ1) is 16.9. The quantitative estimate of drug-likeness (QED) is 0.485. The Hall–Kier alpha value is -3.42. The molecule has 1 aliphatic heterocycles. The van der Waals surface area contributed by atoms with E-state index >= 15 is 0 Å². The predicted molar refractivity (Wildman–Crippen MR) is 142 cm³/mol. The molecule has 1 saturated heterocycles. The molecule has 0 atom stereocenters. The van der Waals surface area contributed by atoms with E-state index in [1.54, 1.807) is 6.08 Å². The first kappa shape index (κ1) is 24.7. The van der Waals surface area contributed by atoms with Gasteiger partial charge in [-0.1, -0.05) is 60.7 Å². The summed E-state index contributed by atoms with van der Waals surface area (Å²) in [5, 5.41) is 4.24. The van der Waals surface area contributed by atoms with Gasteiger partial charge in [-0.25, -0.2) is 8.42 Å². The average molecular weight is 490 g/mol. The van der Waals surface area contributed by atoms with Crippen molar-refractivity contribution in [2.45, 2.75) is 19.4 Å². The number of rotatable bonds is 8. The number of hydrogen-bond donors (Lipinski definition) is 1. The molecule has 4 rings (SSSR count). The third kappa shape index (κ3) is 6.81. The minimum atomic E-state index is -3.51. The minimum Gasteiger partial charge on any atom is -0.370 e. The summed E-state index contributed by atoms with van der Waals surface area (Å²) in [6.07, 6.45) is 2.61. The van der Waals surface area contributed by atoms with E-state index in [0.29, 0.717) is 25.9 Å². The summed E-state index contributed by atoms with van der Waals surface area (Å²) in [5.41, 5.74) is 3.88. The van der Waals surface area contributed by atoms with Crippen LogP contribution in [0.2, 0.25) is 0 Å². The SMILES string of the molecule is CN(Cc1ccccc1)c1ccc(NC(=O)C2CCN(S(=O)(=O)/C=C/c3ccccc3)CC2)cc1. The number of hydrogen-bond acceptors (Lipinski definition) is 4. The smallest absolute Gasteiger partial charge is 0.236 e. The molecule has 6 nitrogen and oxygen atoms in total. The van der Waals surface area contributed by atoms with Crippen molar-refractivity contribution in [1.82, 2.24) is 4.31 Å². The Kier molecular flexibility index (Phi) is 8.00. The maximum atomic E-state index is 12.8. The summed E-state index contributed by atoms with van der Waals surface area (Å²) in [6, 6.07) is 27.4. The fraction of sp³-hybridized carbons (Fsp3) is 0.250. The van der Waals surface area contributed by atoms with Crippen molar-refractivity contribution in [3.63, 3.8) is 0 Å². The monoisotopic (exact) mass is 489 g/mol. The van der Waals surface area contributed by atoms with Crippen molar-refractivity contribution in [2.24, 2.45) is 5.92 Å². The van der Waals surface area contributed by atoms with E-state index in [2.05, 4.69) is 22.3 Å². The number of sulfonamides is 1. The van der Waals surface area contributed by atoms with Gasteiger partial charge in [0.25, 0.3) is 0 Å². The molecule has 182 valence electrons. The van der Waals surface area contributed by atoms with Crippen LogP contribution in [0, 0.1) is 5.92 Å². The summed E-state index contributed by atoms with van der Waals surface area (Å²) in [7, 11) is -1.47. The van der Waals surface area contributed by atoms with Crippen LogP contribution < -0.4 is 10.2 Å². The first-order valence-corrected chi connectivity index (χ1v) is 13.3. The molecule has 0 radical (unpaired) electrons. The molecule has 3 aromatic carbocycles. The van der Waals surface area contributed by atoms with Gasteiger partial charge in [-0.05, 0) is 54.3 Å². The van der Waals surface area contributed by atoms with E-state index in [4.69, 9.17) is 0 Å². The van der Waals surface area contributed by atoms with E-state index in [9.17, 15) is 13.2 Å². The predicted octanol–water partition coefficient (Wildman–Crippen LogP) is 4.97. The third-order valence-corrected chi connectivity index (χ3v) is 7.82. The molecule has 1 amide bonds. The van der Waals surface area contributed by atoms with Crippen LogP contribution in [-0.2, 0) is 21.4 Å². The summed E-state index contributed by atoms with van der Waals surface area (Å²) in [6.45, 7) is 1.47. The molecule has 0 saturated carbocycles. The molecule has 3 aromatic rings. The highest BCUT2D eigenvalue weighted by molar-refractivity contribution is 7.92. The van der Waals surface area contributed by atoms with Gasteiger partial charge in [0, 0.05) is 49.4 Å². The average Bonchev–Trinajstić information content (AvgIpc) is 2.89. The Balaban J connectivity index is 1.27. The van der Waals surface area contributed by atoms with Crippen LogP contribution in [0.15, 0.2) is 90.3 Å². The van der Waals surface area contributed by atoms with Crippen LogP contribution in [0.25, 0.3) is 6.08 Å². The van der Waals surface area contributed by atoms with Crippen LogP contribution in [-0.4, -0.2) is 38.8 Å². The van der Waals surface area contributed by atoms with Gasteiger partial charge < -0.3 is 10.2 Å². The lowest BCUT2D eigenvalue weighted by Crippen LogP contribution is -2.40. The molecular weight excluding hydrogens is 458 g/mol. The van der Waals surface area contributed by atoms with Crippen molar-refractivity contribution < 1.29 is 13.2 Å². The lowest BCUT2D eigenvalue weighted by atomic mass is 9.97. The Morgan fingerprint density at radius 2 is 1.54 bits per heavy atom. The van der Waals surface area contributed by atoms with Gasteiger partial charge in [0.1, 0.15) is 0 Å². The van der Waals surface area contributed by atoms with Crippen molar-refractivity contribution in [3.8, 4) is 0 Å². The number of benzene rings is 3. The number of nitrogens with one attached hydrogen (secondary N) is 1. The van der Waals surface area contributed by atoms with Crippen molar-refractivity contribution in [1.29, 1.82) is 0 Å². The van der Waals surface area contributed by atoms with Crippen LogP contribution in [0.1, 0.15) is 24.0 Å². The zero-order valence-corrected chi connectivity index (χ0v) is 20.7. The van der Waals surface area contributed by atoms with Crippen molar-refractivity contribution in [3.05, 3.63) is 101 Å². The second kappa shape index (κ2) is 11.3. The van der Waals surface area contributed by atoms with Gasteiger partial charge in [-0.15, -0.1) is 0 Å².